The second-order valence-electron chi connectivity index (χ2n) is 6.48. The molecule has 2 aliphatic heterocycles. The van der Waals surface area contributed by atoms with Crippen LogP contribution in [-0.2, 0) is 27.2 Å². The minimum atomic E-state index is -0.231. The molecule has 2 fully saturated rings. The van der Waals surface area contributed by atoms with Crippen molar-refractivity contribution >= 4 is 17.5 Å². The van der Waals surface area contributed by atoms with Gasteiger partial charge in [-0.3, -0.25) is 9.59 Å². The number of para-hydroxylation sites is 1. The average Bonchev–Trinajstić information content (AvgIpc) is 3.02. The highest BCUT2D eigenvalue weighted by atomic mass is 16.5. The number of amides is 2. The van der Waals surface area contributed by atoms with Crippen LogP contribution < -0.4 is 4.90 Å². The fourth-order valence-corrected chi connectivity index (χ4v) is 3.69. The molecule has 1 aromatic carbocycles. The zero-order valence-electron chi connectivity index (χ0n) is 14.6. The molecular formula is C19H26N2O3. The molecule has 5 nitrogen and oxygen atoms in total. The number of anilines is 1. The third-order valence-electron chi connectivity index (χ3n) is 5.03. The molecule has 1 atom stereocenters. The maximum absolute atomic E-state index is 12.7. The quantitative estimate of drug-likeness (QED) is 0.849. The lowest BCUT2D eigenvalue weighted by Crippen LogP contribution is -2.44. The fourth-order valence-electron chi connectivity index (χ4n) is 3.69. The Balaban J connectivity index is 1.81. The maximum Gasteiger partial charge on any atom is 0.228 e. The van der Waals surface area contributed by atoms with E-state index >= 15 is 0 Å². The molecule has 130 valence electrons. The molecule has 1 unspecified atom stereocenters. The van der Waals surface area contributed by atoms with E-state index in [2.05, 4.69) is 32.0 Å². The minimum Gasteiger partial charge on any atom is -0.378 e. The number of ether oxygens (including phenoxy) is 1. The van der Waals surface area contributed by atoms with Crippen molar-refractivity contribution in [3.8, 4) is 0 Å². The van der Waals surface area contributed by atoms with Crippen molar-refractivity contribution in [1.82, 2.24) is 4.90 Å². The second kappa shape index (κ2) is 7.34. The molecule has 24 heavy (non-hydrogen) atoms. The smallest absolute Gasteiger partial charge is 0.228 e. The molecule has 0 aliphatic carbocycles. The van der Waals surface area contributed by atoms with Gasteiger partial charge in [-0.25, -0.2) is 0 Å². The van der Waals surface area contributed by atoms with Crippen LogP contribution in [0.4, 0.5) is 5.69 Å². The Morgan fingerprint density at radius 3 is 2.38 bits per heavy atom. The number of hydrogen-bond acceptors (Lipinski definition) is 3. The fraction of sp³-hybridized carbons (Fsp3) is 0.579. The van der Waals surface area contributed by atoms with Crippen LogP contribution in [0.2, 0.25) is 0 Å². The summed E-state index contributed by atoms with van der Waals surface area (Å²) < 4.78 is 5.31. The standard InChI is InChI=1S/C19H26N2O3/c1-3-14-6-5-7-15(4-2)18(14)21-13-16(12-17(21)22)19(23)20-8-10-24-11-9-20/h5-7,16H,3-4,8-13H2,1-2H3. The second-order valence-corrected chi connectivity index (χ2v) is 6.48. The van der Waals surface area contributed by atoms with Gasteiger partial charge in [-0.15, -0.1) is 0 Å². The largest absolute Gasteiger partial charge is 0.378 e. The highest BCUT2D eigenvalue weighted by Gasteiger charge is 2.38. The van der Waals surface area contributed by atoms with E-state index in [1.807, 2.05) is 9.80 Å². The van der Waals surface area contributed by atoms with Crippen LogP contribution in [0.1, 0.15) is 31.4 Å². The summed E-state index contributed by atoms with van der Waals surface area (Å²) in [7, 11) is 0. The Hall–Kier alpha value is -1.88. The number of rotatable bonds is 4. The molecule has 0 N–H and O–H groups in total. The molecule has 0 aromatic heterocycles. The predicted molar refractivity (Wildman–Crippen MR) is 93.1 cm³/mol. The van der Waals surface area contributed by atoms with E-state index in [0.29, 0.717) is 39.3 Å². The number of carbonyl (C=O) groups excluding carboxylic acids is 2. The summed E-state index contributed by atoms with van der Waals surface area (Å²) in [5.41, 5.74) is 3.40. The first-order chi connectivity index (χ1) is 11.7. The number of carbonyl (C=O) groups is 2. The number of hydrogen-bond donors (Lipinski definition) is 0. The molecule has 2 heterocycles. The van der Waals surface area contributed by atoms with Gasteiger partial charge in [0.05, 0.1) is 19.1 Å². The third kappa shape index (κ3) is 3.18. The van der Waals surface area contributed by atoms with Crippen molar-refractivity contribution in [3.63, 3.8) is 0 Å². The van der Waals surface area contributed by atoms with Gasteiger partial charge in [0, 0.05) is 31.7 Å². The summed E-state index contributed by atoms with van der Waals surface area (Å²) in [5.74, 6) is -0.0661. The molecular weight excluding hydrogens is 304 g/mol. The zero-order valence-corrected chi connectivity index (χ0v) is 14.6. The summed E-state index contributed by atoms with van der Waals surface area (Å²) in [6.07, 6.45) is 2.08. The molecule has 0 saturated carbocycles. The first-order valence-corrected chi connectivity index (χ1v) is 8.93. The number of morpholine rings is 1. The SMILES string of the molecule is CCc1cccc(CC)c1N1CC(C(=O)N2CCOCC2)CC1=O. The van der Waals surface area contributed by atoms with E-state index in [1.165, 1.54) is 11.1 Å². The van der Waals surface area contributed by atoms with E-state index < -0.39 is 0 Å². The Morgan fingerprint density at radius 2 is 1.79 bits per heavy atom. The summed E-state index contributed by atoms with van der Waals surface area (Å²) in [6, 6.07) is 6.22. The molecule has 0 spiro atoms. The van der Waals surface area contributed by atoms with Gasteiger partial charge in [-0.1, -0.05) is 32.0 Å². The van der Waals surface area contributed by atoms with Crippen molar-refractivity contribution in [1.29, 1.82) is 0 Å². The van der Waals surface area contributed by atoms with Crippen molar-refractivity contribution in [3.05, 3.63) is 29.3 Å². The lowest BCUT2D eigenvalue weighted by molar-refractivity contribution is -0.139. The van der Waals surface area contributed by atoms with Crippen molar-refractivity contribution < 1.29 is 14.3 Å². The molecule has 0 bridgehead atoms. The zero-order chi connectivity index (χ0) is 17.1. The van der Waals surface area contributed by atoms with E-state index in [0.717, 1.165) is 18.5 Å². The predicted octanol–water partition coefficient (Wildman–Crippen LogP) is 2.02. The van der Waals surface area contributed by atoms with Gasteiger partial charge in [0.1, 0.15) is 0 Å². The normalized spacial score (nSPS) is 21.4. The molecule has 3 rings (SSSR count). The van der Waals surface area contributed by atoms with Gasteiger partial charge in [0.15, 0.2) is 0 Å². The van der Waals surface area contributed by atoms with Gasteiger partial charge in [0.25, 0.3) is 0 Å². The van der Waals surface area contributed by atoms with Crippen LogP contribution in [0.25, 0.3) is 0 Å². The first-order valence-electron chi connectivity index (χ1n) is 8.93. The van der Waals surface area contributed by atoms with E-state index in [9.17, 15) is 9.59 Å². The van der Waals surface area contributed by atoms with Crippen molar-refractivity contribution in [2.24, 2.45) is 5.92 Å². The molecule has 0 radical (unpaired) electrons. The van der Waals surface area contributed by atoms with Gasteiger partial charge in [-0.2, -0.15) is 0 Å². The lowest BCUT2D eigenvalue weighted by atomic mass is 10.0. The van der Waals surface area contributed by atoms with Crippen LogP contribution in [0.5, 0.6) is 0 Å². The first kappa shape index (κ1) is 17.0. The molecule has 1 aromatic rings. The molecule has 2 amide bonds. The number of benzene rings is 1. The Bertz CT molecular complexity index is 601. The lowest BCUT2D eigenvalue weighted by Gasteiger charge is -2.29. The molecule has 5 heteroatoms. The highest BCUT2D eigenvalue weighted by Crippen LogP contribution is 2.33. The van der Waals surface area contributed by atoms with Crippen molar-refractivity contribution in [2.75, 3.05) is 37.7 Å². The number of aryl methyl sites for hydroxylation is 2. The molecule has 2 aliphatic rings. The van der Waals surface area contributed by atoms with Crippen molar-refractivity contribution in [2.45, 2.75) is 33.1 Å². The summed E-state index contributed by atoms with van der Waals surface area (Å²) in [6.45, 7) is 7.16. The highest BCUT2D eigenvalue weighted by molar-refractivity contribution is 6.01. The average molecular weight is 330 g/mol. The van der Waals surface area contributed by atoms with Crippen LogP contribution in [-0.4, -0.2) is 49.6 Å². The van der Waals surface area contributed by atoms with E-state index in [-0.39, 0.29) is 17.7 Å². The minimum absolute atomic E-state index is 0.0669. The van der Waals surface area contributed by atoms with Crippen LogP contribution in [0.15, 0.2) is 18.2 Å². The third-order valence-corrected chi connectivity index (χ3v) is 5.03. The summed E-state index contributed by atoms with van der Waals surface area (Å²) >= 11 is 0. The summed E-state index contributed by atoms with van der Waals surface area (Å²) in [5, 5.41) is 0. The van der Waals surface area contributed by atoms with E-state index in [1.54, 1.807) is 0 Å². The Kier molecular flexibility index (Phi) is 5.19. The van der Waals surface area contributed by atoms with Gasteiger partial charge >= 0.3 is 0 Å². The van der Waals surface area contributed by atoms with Crippen LogP contribution in [0.3, 0.4) is 0 Å². The van der Waals surface area contributed by atoms with Gasteiger partial charge in [-0.05, 0) is 24.0 Å². The van der Waals surface area contributed by atoms with Gasteiger partial charge < -0.3 is 14.5 Å². The van der Waals surface area contributed by atoms with Gasteiger partial charge in [0.2, 0.25) is 11.8 Å². The topological polar surface area (TPSA) is 49.9 Å². The summed E-state index contributed by atoms with van der Waals surface area (Å²) in [4.78, 5) is 29.1. The number of nitrogens with zero attached hydrogens (tertiary/aromatic N) is 2. The van der Waals surface area contributed by atoms with E-state index in [4.69, 9.17) is 4.74 Å². The Morgan fingerprint density at radius 1 is 1.17 bits per heavy atom. The van der Waals surface area contributed by atoms with Crippen LogP contribution in [0, 0.1) is 5.92 Å². The maximum atomic E-state index is 12.7. The Labute approximate surface area is 143 Å². The monoisotopic (exact) mass is 330 g/mol. The molecule has 2 saturated heterocycles. The van der Waals surface area contributed by atoms with Crippen LogP contribution >= 0.6 is 0 Å².